The molecule has 0 fully saturated rings. The third kappa shape index (κ3) is 2.97. The lowest BCUT2D eigenvalue weighted by atomic mass is 10.0. The molecule has 114 valence electrons. The van der Waals surface area contributed by atoms with E-state index in [0.29, 0.717) is 16.9 Å². The number of hydrazine groups is 2. The van der Waals surface area contributed by atoms with Gasteiger partial charge in [0.15, 0.2) is 0 Å². The van der Waals surface area contributed by atoms with Crippen LogP contribution in [-0.4, -0.2) is 12.1 Å². The number of amides is 4. The summed E-state index contributed by atoms with van der Waals surface area (Å²) in [5.41, 5.74) is 12.5. The summed E-state index contributed by atoms with van der Waals surface area (Å²) < 4.78 is 0. The van der Waals surface area contributed by atoms with Gasteiger partial charge in [-0.1, -0.05) is 30.3 Å². The SMILES string of the molecule is NC(=O)N(N)c1ccc(N(N)C(N)=O)c(-c2ccccc2)c1. The van der Waals surface area contributed by atoms with Gasteiger partial charge in [-0.05, 0) is 23.8 Å². The third-order valence-electron chi connectivity index (χ3n) is 3.08. The van der Waals surface area contributed by atoms with Crippen molar-refractivity contribution in [3.63, 3.8) is 0 Å². The minimum Gasteiger partial charge on any atom is -0.350 e. The Hall–Kier alpha value is -3.10. The number of rotatable bonds is 3. The first kappa shape index (κ1) is 15.3. The van der Waals surface area contributed by atoms with Crippen molar-refractivity contribution in [2.24, 2.45) is 23.2 Å². The van der Waals surface area contributed by atoms with E-state index in [1.807, 2.05) is 30.3 Å². The molecule has 2 aromatic carbocycles. The van der Waals surface area contributed by atoms with E-state index in [1.54, 1.807) is 6.07 Å². The van der Waals surface area contributed by atoms with Crippen molar-refractivity contribution in [3.8, 4) is 11.1 Å². The number of primary amides is 2. The van der Waals surface area contributed by atoms with Crippen molar-refractivity contribution < 1.29 is 9.59 Å². The van der Waals surface area contributed by atoms with Crippen LogP contribution in [0.2, 0.25) is 0 Å². The Kier molecular flexibility index (Phi) is 4.25. The van der Waals surface area contributed by atoms with Crippen LogP contribution in [0.5, 0.6) is 0 Å². The molecule has 0 atom stereocenters. The number of carbonyl (C=O) groups is 2. The molecule has 8 nitrogen and oxygen atoms in total. The maximum Gasteiger partial charge on any atom is 0.333 e. The second kappa shape index (κ2) is 6.12. The van der Waals surface area contributed by atoms with Gasteiger partial charge in [-0.2, -0.15) is 0 Å². The summed E-state index contributed by atoms with van der Waals surface area (Å²) in [7, 11) is 0. The second-order valence-corrected chi connectivity index (χ2v) is 4.48. The minimum atomic E-state index is -0.815. The summed E-state index contributed by atoms with van der Waals surface area (Å²) in [6.45, 7) is 0. The predicted octanol–water partition coefficient (Wildman–Crippen LogP) is 0.871. The van der Waals surface area contributed by atoms with E-state index in [-0.39, 0.29) is 0 Å². The maximum absolute atomic E-state index is 11.3. The number of nitrogens with two attached hydrogens (primary N) is 4. The Morgan fingerprint density at radius 1 is 0.818 bits per heavy atom. The number of hydrogen-bond donors (Lipinski definition) is 4. The average molecular weight is 300 g/mol. The van der Waals surface area contributed by atoms with Crippen molar-refractivity contribution >= 4 is 23.4 Å². The molecule has 0 saturated heterocycles. The Balaban J connectivity index is 2.61. The van der Waals surface area contributed by atoms with Crippen LogP contribution in [0.3, 0.4) is 0 Å². The first-order chi connectivity index (χ1) is 10.4. The molecule has 8 heteroatoms. The molecule has 2 rings (SSSR count). The minimum absolute atomic E-state index is 0.355. The summed E-state index contributed by atoms with van der Waals surface area (Å²) >= 11 is 0. The zero-order valence-electron chi connectivity index (χ0n) is 11.6. The van der Waals surface area contributed by atoms with Crippen LogP contribution in [0.15, 0.2) is 48.5 Å². The quantitative estimate of drug-likeness (QED) is 0.378. The van der Waals surface area contributed by atoms with Crippen molar-refractivity contribution in [1.29, 1.82) is 0 Å². The van der Waals surface area contributed by atoms with E-state index in [0.717, 1.165) is 15.6 Å². The van der Waals surface area contributed by atoms with Gasteiger partial charge in [0.2, 0.25) is 0 Å². The van der Waals surface area contributed by atoms with Gasteiger partial charge in [0.05, 0.1) is 11.4 Å². The summed E-state index contributed by atoms with van der Waals surface area (Å²) in [5, 5.41) is 1.61. The highest BCUT2D eigenvalue weighted by molar-refractivity contribution is 5.97. The van der Waals surface area contributed by atoms with Gasteiger partial charge < -0.3 is 11.5 Å². The molecule has 0 heterocycles. The molecule has 0 spiro atoms. The molecule has 0 bridgehead atoms. The Morgan fingerprint density at radius 3 is 1.95 bits per heavy atom. The van der Waals surface area contributed by atoms with Crippen molar-refractivity contribution in [1.82, 2.24) is 0 Å². The van der Waals surface area contributed by atoms with Crippen LogP contribution in [-0.2, 0) is 0 Å². The number of benzene rings is 2. The number of urea groups is 2. The van der Waals surface area contributed by atoms with E-state index in [4.69, 9.17) is 23.2 Å². The molecule has 0 saturated carbocycles. The first-order valence-corrected chi connectivity index (χ1v) is 6.30. The smallest absolute Gasteiger partial charge is 0.333 e. The number of anilines is 2. The summed E-state index contributed by atoms with van der Waals surface area (Å²) in [4.78, 5) is 22.5. The van der Waals surface area contributed by atoms with Gasteiger partial charge in [0, 0.05) is 5.56 Å². The average Bonchev–Trinajstić information content (AvgIpc) is 2.53. The molecule has 8 N–H and O–H groups in total. The molecule has 0 aliphatic carbocycles. The largest absolute Gasteiger partial charge is 0.350 e. The predicted molar refractivity (Wildman–Crippen MR) is 84.4 cm³/mol. The van der Waals surface area contributed by atoms with Gasteiger partial charge in [0.1, 0.15) is 0 Å². The van der Waals surface area contributed by atoms with E-state index in [9.17, 15) is 9.59 Å². The molecular weight excluding hydrogens is 284 g/mol. The monoisotopic (exact) mass is 300 g/mol. The van der Waals surface area contributed by atoms with E-state index < -0.39 is 12.1 Å². The second-order valence-electron chi connectivity index (χ2n) is 4.48. The molecule has 4 amide bonds. The van der Waals surface area contributed by atoms with Gasteiger partial charge >= 0.3 is 12.1 Å². The highest BCUT2D eigenvalue weighted by Gasteiger charge is 2.17. The highest BCUT2D eigenvalue weighted by atomic mass is 16.2. The number of hydrogen-bond acceptors (Lipinski definition) is 4. The van der Waals surface area contributed by atoms with Crippen molar-refractivity contribution in [2.75, 3.05) is 10.0 Å². The van der Waals surface area contributed by atoms with Crippen molar-refractivity contribution in [2.45, 2.75) is 0 Å². The molecule has 2 aromatic rings. The zero-order chi connectivity index (χ0) is 16.3. The molecular formula is C14H16N6O2. The van der Waals surface area contributed by atoms with E-state index >= 15 is 0 Å². The van der Waals surface area contributed by atoms with Crippen LogP contribution in [0.4, 0.5) is 21.0 Å². The molecule has 0 aliphatic heterocycles. The molecule has 0 unspecified atom stereocenters. The fourth-order valence-electron chi connectivity index (χ4n) is 1.98. The van der Waals surface area contributed by atoms with E-state index in [2.05, 4.69) is 0 Å². The lowest BCUT2D eigenvalue weighted by Crippen LogP contribution is -2.43. The lowest BCUT2D eigenvalue weighted by Gasteiger charge is -2.21. The van der Waals surface area contributed by atoms with Gasteiger partial charge in [-0.3, -0.25) is 0 Å². The Labute approximate surface area is 126 Å². The standard InChI is InChI=1S/C14H16N6O2/c15-13(21)19(17)10-6-7-12(20(18)14(16)22)11(8-10)9-4-2-1-3-5-9/h1-8H,17-18H2,(H2,15,21)(H2,16,22). The summed E-state index contributed by atoms with van der Waals surface area (Å²) in [6, 6.07) is 12.1. The molecule has 0 aliphatic rings. The van der Waals surface area contributed by atoms with Crippen LogP contribution >= 0.6 is 0 Å². The maximum atomic E-state index is 11.3. The topological polar surface area (TPSA) is 145 Å². The molecule has 0 aromatic heterocycles. The fourth-order valence-corrected chi connectivity index (χ4v) is 1.98. The van der Waals surface area contributed by atoms with Crippen molar-refractivity contribution in [3.05, 3.63) is 48.5 Å². The van der Waals surface area contributed by atoms with Crippen LogP contribution in [0, 0.1) is 0 Å². The molecule has 22 heavy (non-hydrogen) atoms. The summed E-state index contributed by atoms with van der Waals surface area (Å²) in [6.07, 6.45) is 0. The molecule has 0 radical (unpaired) electrons. The number of carbonyl (C=O) groups excluding carboxylic acids is 2. The fraction of sp³-hybridized carbons (Fsp3) is 0. The van der Waals surface area contributed by atoms with Gasteiger partial charge in [-0.15, -0.1) is 0 Å². The third-order valence-corrected chi connectivity index (χ3v) is 3.08. The van der Waals surface area contributed by atoms with E-state index in [1.165, 1.54) is 12.1 Å². The van der Waals surface area contributed by atoms with Gasteiger partial charge in [0.25, 0.3) is 0 Å². The number of nitrogens with zero attached hydrogens (tertiary/aromatic N) is 2. The Morgan fingerprint density at radius 2 is 1.41 bits per heavy atom. The first-order valence-electron chi connectivity index (χ1n) is 6.30. The highest BCUT2D eigenvalue weighted by Crippen LogP contribution is 2.33. The van der Waals surface area contributed by atoms with Crippen LogP contribution in [0.25, 0.3) is 11.1 Å². The zero-order valence-corrected chi connectivity index (χ0v) is 11.6. The van der Waals surface area contributed by atoms with Crippen LogP contribution in [0.1, 0.15) is 0 Å². The summed E-state index contributed by atoms with van der Waals surface area (Å²) in [5.74, 6) is 11.3. The van der Waals surface area contributed by atoms with Gasteiger partial charge in [-0.25, -0.2) is 31.3 Å². The lowest BCUT2D eigenvalue weighted by molar-refractivity contribution is 0.253. The Bertz CT molecular complexity index is 704. The normalized spacial score (nSPS) is 10.1. The van der Waals surface area contributed by atoms with Crippen LogP contribution < -0.4 is 33.2 Å².